The van der Waals surface area contributed by atoms with E-state index in [4.69, 9.17) is 10.6 Å². The molecule has 2 N–H and O–H groups in total. The van der Waals surface area contributed by atoms with E-state index in [2.05, 4.69) is 9.38 Å². The SMILES string of the molecule is COC1=NS(=O)(=O)c2cnccc2N1N. The zero-order valence-corrected chi connectivity index (χ0v) is 8.60. The lowest BCUT2D eigenvalue weighted by atomic mass is 10.4. The smallest absolute Gasteiger partial charge is 0.322 e. The van der Waals surface area contributed by atoms with E-state index in [-0.39, 0.29) is 16.6 Å². The molecule has 8 heteroatoms. The van der Waals surface area contributed by atoms with Crippen LogP contribution in [-0.4, -0.2) is 26.5 Å². The first-order chi connectivity index (χ1) is 7.06. The highest BCUT2D eigenvalue weighted by atomic mass is 32.2. The van der Waals surface area contributed by atoms with Gasteiger partial charge in [0.05, 0.1) is 12.8 Å². The lowest BCUT2D eigenvalue weighted by Crippen LogP contribution is -2.42. The van der Waals surface area contributed by atoms with Crippen LogP contribution in [0.5, 0.6) is 0 Å². The molecule has 0 aliphatic carbocycles. The van der Waals surface area contributed by atoms with Crippen LogP contribution in [0.3, 0.4) is 0 Å². The van der Waals surface area contributed by atoms with E-state index in [9.17, 15) is 8.42 Å². The Balaban J connectivity index is 2.71. The molecule has 7 nitrogen and oxygen atoms in total. The van der Waals surface area contributed by atoms with Gasteiger partial charge in [-0.05, 0) is 6.07 Å². The molecule has 1 aromatic rings. The predicted octanol–water partition coefficient (Wildman–Crippen LogP) is -0.534. The summed E-state index contributed by atoms with van der Waals surface area (Å²) in [6.45, 7) is 0. The molecule has 0 amide bonds. The largest absolute Gasteiger partial charge is 0.467 e. The Hall–Kier alpha value is -1.67. The van der Waals surface area contributed by atoms with Gasteiger partial charge in [0.2, 0.25) is 0 Å². The second-order valence-electron chi connectivity index (χ2n) is 2.77. The second kappa shape index (κ2) is 3.17. The molecule has 0 radical (unpaired) electrons. The second-order valence-corrected chi connectivity index (χ2v) is 4.34. The fourth-order valence-corrected chi connectivity index (χ4v) is 2.30. The topological polar surface area (TPSA) is 97.9 Å². The molecule has 15 heavy (non-hydrogen) atoms. The highest BCUT2D eigenvalue weighted by Crippen LogP contribution is 2.28. The number of methoxy groups -OCH3 is 1. The standard InChI is InChI=1S/C7H8N4O3S/c1-14-7-10-15(12,13)6-4-9-3-2-5(6)11(7)8/h2-4H,8H2,1H3. The molecule has 0 unspecified atom stereocenters. The van der Waals surface area contributed by atoms with Crippen molar-refractivity contribution in [2.45, 2.75) is 4.90 Å². The Bertz CT molecular complexity index is 525. The molecule has 1 aromatic heterocycles. The van der Waals surface area contributed by atoms with Gasteiger partial charge in [-0.25, -0.2) is 10.9 Å². The van der Waals surface area contributed by atoms with Gasteiger partial charge in [0.25, 0.3) is 10.0 Å². The quantitative estimate of drug-likeness (QED) is 0.599. The van der Waals surface area contributed by atoms with Crippen molar-refractivity contribution in [3.05, 3.63) is 18.5 Å². The number of sulfonamides is 1. The zero-order valence-electron chi connectivity index (χ0n) is 7.78. The van der Waals surface area contributed by atoms with Gasteiger partial charge in [0, 0.05) is 12.4 Å². The van der Waals surface area contributed by atoms with Gasteiger partial charge in [-0.1, -0.05) is 0 Å². The fraction of sp³-hybridized carbons (Fsp3) is 0.143. The molecule has 2 rings (SSSR count). The molecule has 0 saturated carbocycles. The average Bonchev–Trinajstić information content (AvgIpc) is 2.24. The minimum absolute atomic E-state index is 0.0340. The van der Waals surface area contributed by atoms with Crippen molar-refractivity contribution in [2.75, 3.05) is 12.1 Å². The summed E-state index contributed by atoms with van der Waals surface area (Å²) >= 11 is 0. The molecule has 0 saturated heterocycles. The number of ether oxygens (including phenoxy) is 1. The summed E-state index contributed by atoms with van der Waals surface area (Å²) in [7, 11) is -2.47. The summed E-state index contributed by atoms with van der Waals surface area (Å²) in [5.74, 6) is 5.61. The summed E-state index contributed by atoms with van der Waals surface area (Å²) < 4.78 is 31.3. The number of hydrogen-bond donors (Lipinski definition) is 1. The fourth-order valence-electron chi connectivity index (χ4n) is 1.21. The van der Waals surface area contributed by atoms with Crippen LogP contribution < -0.4 is 10.9 Å². The molecule has 0 atom stereocenters. The van der Waals surface area contributed by atoms with Crippen LogP contribution in [0.25, 0.3) is 0 Å². The van der Waals surface area contributed by atoms with E-state index in [0.717, 1.165) is 5.01 Å². The molecule has 80 valence electrons. The number of pyridine rings is 1. The van der Waals surface area contributed by atoms with Crippen molar-refractivity contribution >= 4 is 21.7 Å². The third kappa shape index (κ3) is 1.43. The first-order valence-corrected chi connectivity index (χ1v) is 5.38. The predicted molar refractivity (Wildman–Crippen MR) is 52.5 cm³/mol. The maximum Gasteiger partial charge on any atom is 0.322 e. The minimum atomic E-state index is -3.76. The third-order valence-electron chi connectivity index (χ3n) is 1.89. The maximum atomic E-state index is 11.6. The van der Waals surface area contributed by atoms with Gasteiger partial charge in [-0.2, -0.15) is 8.42 Å². The first-order valence-electron chi connectivity index (χ1n) is 3.94. The molecule has 0 bridgehead atoms. The van der Waals surface area contributed by atoms with Crippen molar-refractivity contribution in [3.8, 4) is 0 Å². The summed E-state index contributed by atoms with van der Waals surface area (Å²) in [5.41, 5.74) is 0.289. The monoisotopic (exact) mass is 228 g/mol. The lowest BCUT2D eigenvalue weighted by Gasteiger charge is -2.23. The normalized spacial score (nSPS) is 18.0. The molecule has 1 aliphatic rings. The van der Waals surface area contributed by atoms with E-state index in [0.29, 0.717) is 0 Å². The van der Waals surface area contributed by atoms with Crippen LogP contribution in [0.1, 0.15) is 0 Å². The van der Waals surface area contributed by atoms with Crippen LogP contribution in [-0.2, 0) is 14.8 Å². The number of anilines is 1. The van der Waals surface area contributed by atoms with Crippen LogP contribution >= 0.6 is 0 Å². The van der Waals surface area contributed by atoms with E-state index >= 15 is 0 Å². The number of rotatable bonds is 0. The Morgan fingerprint density at radius 2 is 2.27 bits per heavy atom. The number of nitrogens with zero attached hydrogens (tertiary/aromatic N) is 3. The third-order valence-corrected chi connectivity index (χ3v) is 3.15. The molecule has 0 fully saturated rings. The van der Waals surface area contributed by atoms with Crippen LogP contribution in [0.4, 0.5) is 5.69 Å². The summed E-state index contributed by atoms with van der Waals surface area (Å²) in [5, 5.41) is 1.05. The van der Waals surface area contributed by atoms with Crippen molar-refractivity contribution in [1.29, 1.82) is 0 Å². The van der Waals surface area contributed by atoms with Crippen molar-refractivity contribution in [2.24, 2.45) is 10.2 Å². The molecule has 0 aromatic carbocycles. The van der Waals surface area contributed by atoms with Crippen LogP contribution in [0.2, 0.25) is 0 Å². The van der Waals surface area contributed by atoms with E-state index < -0.39 is 10.0 Å². The average molecular weight is 228 g/mol. The minimum Gasteiger partial charge on any atom is -0.467 e. The highest BCUT2D eigenvalue weighted by molar-refractivity contribution is 7.90. The molecular weight excluding hydrogens is 220 g/mol. The van der Waals surface area contributed by atoms with Gasteiger partial charge in [0.1, 0.15) is 4.90 Å². The van der Waals surface area contributed by atoms with Crippen LogP contribution in [0.15, 0.2) is 27.8 Å². The van der Waals surface area contributed by atoms with Crippen molar-refractivity contribution < 1.29 is 13.2 Å². The van der Waals surface area contributed by atoms with Crippen molar-refractivity contribution in [1.82, 2.24) is 4.98 Å². The number of aromatic nitrogens is 1. The molecule has 0 spiro atoms. The van der Waals surface area contributed by atoms with Gasteiger partial charge in [-0.15, -0.1) is 4.40 Å². The van der Waals surface area contributed by atoms with Crippen LogP contribution in [0, 0.1) is 0 Å². The summed E-state index contributed by atoms with van der Waals surface area (Å²) in [6.07, 6.45) is 2.63. The Kier molecular flexibility index (Phi) is 2.09. The highest BCUT2D eigenvalue weighted by Gasteiger charge is 2.30. The van der Waals surface area contributed by atoms with Gasteiger partial charge in [0.15, 0.2) is 0 Å². The Morgan fingerprint density at radius 1 is 1.53 bits per heavy atom. The van der Waals surface area contributed by atoms with Gasteiger partial charge < -0.3 is 4.74 Å². The zero-order chi connectivity index (χ0) is 11.1. The first kappa shape index (κ1) is 9.87. The molecule has 1 aliphatic heterocycles. The number of nitrogens with two attached hydrogens (primary N) is 1. The van der Waals surface area contributed by atoms with Gasteiger partial charge in [-0.3, -0.25) is 4.98 Å². The number of hydrazine groups is 1. The number of amidine groups is 1. The van der Waals surface area contributed by atoms with Gasteiger partial charge >= 0.3 is 6.02 Å². The molecule has 2 heterocycles. The van der Waals surface area contributed by atoms with Crippen molar-refractivity contribution in [3.63, 3.8) is 0 Å². The van der Waals surface area contributed by atoms with E-state index in [1.165, 1.54) is 25.6 Å². The summed E-state index contributed by atoms with van der Waals surface area (Å²) in [4.78, 5) is 3.67. The summed E-state index contributed by atoms with van der Waals surface area (Å²) in [6, 6.07) is 1.30. The van der Waals surface area contributed by atoms with E-state index in [1.54, 1.807) is 0 Å². The number of hydrogen-bond acceptors (Lipinski definition) is 6. The lowest BCUT2D eigenvalue weighted by molar-refractivity contribution is 0.391. The maximum absolute atomic E-state index is 11.6. The van der Waals surface area contributed by atoms with E-state index in [1.807, 2.05) is 0 Å². The molecular formula is C7H8N4O3S. The Morgan fingerprint density at radius 3 is 2.93 bits per heavy atom. The number of fused-ring (bicyclic) bond motifs is 1. The Labute approximate surface area is 86.2 Å².